The van der Waals surface area contributed by atoms with E-state index in [4.69, 9.17) is 15.2 Å². The third-order valence-electron chi connectivity index (χ3n) is 5.43. The van der Waals surface area contributed by atoms with Crippen LogP contribution in [0.15, 0.2) is 30.5 Å². The highest BCUT2D eigenvalue weighted by Crippen LogP contribution is 2.49. The molecule has 2 bridgehead atoms. The predicted octanol–water partition coefficient (Wildman–Crippen LogP) is 3.46. The Morgan fingerprint density at radius 2 is 2.10 bits per heavy atom. The highest BCUT2D eigenvalue weighted by Gasteiger charge is 2.45. The number of pyridine rings is 1. The highest BCUT2D eigenvalue weighted by atomic mass is 19.1. The first kappa shape index (κ1) is 17.5. The lowest BCUT2D eigenvalue weighted by Crippen LogP contribution is -2.11. The fourth-order valence-electron chi connectivity index (χ4n) is 3.85. The lowest BCUT2D eigenvalue weighted by molar-refractivity contribution is 0.213. The summed E-state index contributed by atoms with van der Waals surface area (Å²) in [6, 6.07) is 8.38. The smallest absolute Gasteiger partial charge is 0.166 e. The summed E-state index contributed by atoms with van der Waals surface area (Å²) in [4.78, 5) is 4.26. The lowest BCUT2D eigenvalue weighted by atomic mass is 10.0. The van der Waals surface area contributed by atoms with E-state index >= 15 is 0 Å². The average Bonchev–Trinajstić information content (AvgIpc) is 3.37. The zero-order valence-corrected chi connectivity index (χ0v) is 15.9. The van der Waals surface area contributed by atoms with Gasteiger partial charge in [-0.1, -0.05) is 0 Å². The van der Waals surface area contributed by atoms with Gasteiger partial charge in [-0.15, -0.1) is 0 Å². The van der Waals surface area contributed by atoms with Gasteiger partial charge in [-0.3, -0.25) is 4.68 Å². The molecule has 0 radical (unpaired) electrons. The van der Waals surface area contributed by atoms with Crippen molar-refractivity contribution in [3.63, 3.8) is 0 Å². The maximum atomic E-state index is 13.9. The van der Waals surface area contributed by atoms with Crippen LogP contribution in [-0.4, -0.2) is 20.9 Å². The summed E-state index contributed by atoms with van der Waals surface area (Å²) in [5.74, 6) is 0.801. The van der Waals surface area contributed by atoms with Gasteiger partial charge in [0.25, 0.3) is 0 Å². The summed E-state index contributed by atoms with van der Waals surface area (Å²) >= 11 is 0. The average molecular weight is 391 g/mol. The quantitative estimate of drug-likeness (QED) is 0.630. The van der Waals surface area contributed by atoms with E-state index in [2.05, 4.69) is 16.2 Å². The second-order valence-electron chi connectivity index (χ2n) is 7.39. The molecule has 0 saturated heterocycles. The van der Waals surface area contributed by atoms with Crippen LogP contribution in [0.1, 0.15) is 42.3 Å². The largest absolute Gasteiger partial charge is 0.489 e. The van der Waals surface area contributed by atoms with Gasteiger partial charge in [-0.05, 0) is 37.6 Å². The van der Waals surface area contributed by atoms with Crippen molar-refractivity contribution in [3.05, 3.63) is 53.2 Å². The molecule has 5 rings (SSSR count). The van der Waals surface area contributed by atoms with Gasteiger partial charge in [0.2, 0.25) is 0 Å². The van der Waals surface area contributed by atoms with Crippen molar-refractivity contribution in [2.24, 2.45) is 7.05 Å². The van der Waals surface area contributed by atoms with Gasteiger partial charge in [-0.25, -0.2) is 9.37 Å². The Bertz CT molecular complexity index is 1180. The zero-order valence-electron chi connectivity index (χ0n) is 15.9. The van der Waals surface area contributed by atoms with Gasteiger partial charge in [0, 0.05) is 35.9 Å². The molecule has 7 nitrogen and oxygen atoms in total. The van der Waals surface area contributed by atoms with Crippen molar-refractivity contribution < 1.29 is 13.9 Å². The highest BCUT2D eigenvalue weighted by molar-refractivity contribution is 5.75. The van der Waals surface area contributed by atoms with Crippen LogP contribution >= 0.6 is 0 Å². The Kier molecular flexibility index (Phi) is 3.74. The second kappa shape index (κ2) is 6.21. The van der Waals surface area contributed by atoms with Crippen LogP contribution in [0.25, 0.3) is 11.1 Å². The fourth-order valence-corrected chi connectivity index (χ4v) is 3.85. The Labute approximate surface area is 166 Å². The summed E-state index contributed by atoms with van der Waals surface area (Å²) in [6.07, 6.45) is 1.76. The summed E-state index contributed by atoms with van der Waals surface area (Å²) in [5, 5.41) is 14.3. The first-order valence-corrected chi connectivity index (χ1v) is 9.32. The summed E-state index contributed by atoms with van der Waals surface area (Å²) in [7, 11) is 1.74. The maximum Gasteiger partial charge on any atom is 0.166 e. The Balaban J connectivity index is 1.73. The van der Waals surface area contributed by atoms with Gasteiger partial charge in [0.05, 0.1) is 5.69 Å². The van der Waals surface area contributed by atoms with Crippen LogP contribution in [0.5, 0.6) is 11.5 Å². The maximum absolute atomic E-state index is 13.9. The number of hydrogen-bond acceptors (Lipinski definition) is 6. The minimum absolute atomic E-state index is 0.0351. The lowest BCUT2D eigenvalue weighted by Gasteiger charge is -2.20. The van der Waals surface area contributed by atoms with Gasteiger partial charge in [-0.2, -0.15) is 10.4 Å². The van der Waals surface area contributed by atoms with Crippen molar-refractivity contribution >= 4 is 5.82 Å². The number of ether oxygens (including phenoxy) is 2. The molecule has 0 spiro atoms. The molecule has 3 atom stereocenters. The van der Waals surface area contributed by atoms with Crippen LogP contribution in [0.2, 0.25) is 0 Å². The minimum Gasteiger partial charge on any atom is -0.489 e. The molecular formula is C21H18FN5O2. The minimum atomic E-state index is -0.513. The number of anilines is 1. The van der Waals surface area contributed by atoms with E-state index in [0.717, 1.165) is 17.7 Å². The molecule has 29 heavy (non-hydrogen) atoms. The molecule has 8 heteroatoms. The molecular weight excluding hydrogens is 373 g/mol. The monoisotopic (exact) mass is 391 g/mol. The number of hydrogen-bond donors (Lipinski definition) is 1. The van der Waals surface area contributed by atoms with E-state index in [1.807, 2.05) is 0 Å². The molecule has 2 aromatic heterocycles. The van der Waals surface area contributed by atoms with Crippen LogP contribution in [0, 0.1) is 17.1 Å². The third kappa shape index (κ3) is 2.78. The van der Waals surface area contributed by atoms with E-state index in [-0.39, 0.29) is 23.7 Å². The Morgan fingerprint density at radius 3 is 2.90 bits per heavy atom. The van der Waals surface area contributed by atoms with Gasteiger partial charge < -0.3 is 15.2 Å². The molecule has 1 aromatic carbocycles. The number of benzene rings is 1. The van der Waals surface area contributed by atoms with E-state index < -0.39 is 6.10 Å². The first-order valence-electron chi connectivity index (χ1n) is 9.32. The number of aryl methyl sites for hydroxylation is 1. The summed E-state index contributed by atoms with van der Waals surface area (Å²) < 4.78 is 27.7. The molecule has 146 valence electrons. The van der Waals surface area contributed by atoms with Crippen LogP contribution in [0.4, 0.5) is 10.2 Å². The normalized spacial score (nSPS) is 21.8. The fraction of sp³-hybridized carbons (Fsp3) is 0.286. The van der Waals surface area contributed by atoms with Crippen molar-refractivity contribution in [2.75, 3.05) is 5.73 Å². The molecule has 2 N–H and O–H groups in total. The van der Waals surface area contributed by atoms with Crippen molar-refractivity contribution in [1.82, 2.24) is 14.8 Å². The second-order valence-corrected chi connectivity index (χ2v) is 7.39. The Hall–Kier alpha value is -3.60. The number of nitrogen functional groups attached to an aromatic ring is 1. The number of halogens is 1. The predicted molar refractivity (Wildman–Crippen MR) is 103 cm³/mol. The summed E-state index contributed by atoms with van der Waals surface area (Å²) in [6.45, 7) is 1.81. The standard InChI is InChI=1S/C21H18FN5O2/c1-10-13-6-12(22)3-4-16(13)29-17-7-14(17)20-19(15(8-23)27(2)26-20)11-5-18(28-10)21(24)25-9-11/h3-6,9-10,14,17H,7H2,1-2H3,(H2,24,25). The molecule has 0 amide bonds. The molecule has 3 heterocycles. The molecule has 1 saturated carbocycles. The van der Waals surface area contributed by atoms with E-state index in [9.17, 15) is 9.65 Å². The number of nitrogens with two attached hydrogens (primary N) is 1. The van der Waals surface area contributed by atoms with Crippen molar-refractivity contribution in [2.45, 2.75) is 31.5 Å². The SMILES string of the molecule is CC1Oc2cc(cnc2N)-c2c(nn(C)c2C#N)C2CC2Oc2ccc(F)cc21. The van der Waals surface area contributed by atoms with Crippen molar-refractivity contribution in [3.8, 4) is 28.7 Å². The van der Waals surface area contributed by atoms with Gasteiger partial charge in [0.15, 0.2) is 11.6 Å². The van der Waals surface area contributed by atoms with E-state index in [1.165, 1.54) is 12.1 Å². The molecule has 1 aliphatic heterocycles. The first-order chi connectivity index (χ1) is 14.0. The summed E-state index contributed by atoms with van der Waals surface area (Å²) in [5.41, 5.74) is 9.27. The van der Waals surface area contributed by atoms with E-state index in [1.54, 1.807) is 37.0 Å². The van der Waals surface area contributed by atoms with Crippen LogP contribution in [0.3, 0.4) is 0 Å². The van der Waals surface area contributed by atoms with Gasteiger partial charge >= 0.3 is 0 Å². The number of rotatable bonds is 0. The number of nitriles is 1. The molecule has 1 aliphatic carbocycles. The van der Waals surface area contributed by atoms with Crippen molar-refractivity contribution in [1.29, 1.82) is 5.26 Å². The third-order valence-corrected chi connectivity index (χ3v) is 5.43. The zero-order chi connectivity index (χ0) is 20.3. The molecule has 1 fully saturated rings. The number of aromatic nitrogens is 3. The molecule has 3 unspecified atom stereocenters. The molecule has 3 aromatic rings. The molecule has 2 aliphatic rings. The number of fused-ring (bicyclic) bond motifs is 7. The van der Waals surface area contributed by atoms with Gasteiger partial charge in [0.1, 0.15) is 35.5 Å². The van der Waals surface area contributed by atoms with E-state index in [0.29, 0.717) is 28.3 Å². The number of nitrogens with zero attached hydrogens (tertiary/aromatic N) is 4. The Morgan fingerprint density at radius 1 is 1.28 bits per heavy atom. The topological polar surface area (TPSA) is 99.0 Å². The van der Waals surface area contributed by atoms with Crippen LogP contribution < -0.4 is 15.2 Å². The van der Waals surface area contributed by atoms with Crippen LogP contribution in [-0.2, 0) is 7.05 Å².